The highest BCUT2D eigenvalue weighted by molar-refractivity contribution is 7.89. The second-order valence-corrected chi connectivity index (χ2v) is 8.44. The number of piperidine rings is 1. The monoisotopic (exact) mass is 374 g/mol. The van der Waals surface area contributed by atoms with Gasteiger partial charge in [0.1, 0.15) is 5.75 Å². The fraction of sp³-hybridized carbons (Fsp3) is 0.400. The van der Waals surface area contributed by atoms with Crippen molar-refractivity contribution in [2.45, 2.75) is 37.6 Å². The molecule has 0 saturated carbocycles. The van der Waals surface area contributed by atoms with Crippen molar-refractivity contribution in [2.24, 2.45) is 0 Å². The van der Waals surface area contributed by atoms with Crippen molar-refractivity contribution in [3.63, 3.8) is 0 Å². The Morgan fingerprint density at radius 3 is 2.35 bits per heavy atom. The molecule has 0 amide bonds. The third kappa shape index (κ3) is 4.37. The predicted molar refractivity (Wildman–Crippen MR) is 104 cm³/mol. The molecule has 0 radical (unpaired) electrons. The van der Waals surface area contributed by atoms with Gasteiger partial charge in [0.05, 0.1) is 12.0 Å². The maximum absolute atomic E-state index is 12.5. The Hall–Kier alpha value is -2.05. The molecule has 1 N–H and O–H groups in total. The molecule has 6 heteroatoms. The first-order chi connectivity index (χ1) is 12.5. The SMILES string of the molecule is COc1ccc(S(=O)(=O)NCc2ccc(N3CCCCC3)cc2)cc1C. The van der Waals surface area contributed by atoms with Gasteiger partial charge >= 0.3 is 0 Å². The minimum atomic E-state index is -3.55. The van der Waals surface area contributed by atoms with Crippen LogP contribution in [-0.2, 0) is 16.6 Å². The number of benzene rings is 2. The third-order valence-electron chi connectivity index (χ3n) is 4.80. The van der Waals surface area contributed by atoms with Gasteiger partial charge in [-0.15, -0.1) is 0 Å². The molecule has 0 spiro atoms. The smallest absolute Gasteiger partial charge is 0.240 e. The fourth-order valence-electron chi connectivity index (χ4n) is 3.26. The highest BCUT2D eigenvalue weighted by Gasteiger charge is 2.15. The number of nitrogens with zero attached hydrogens (tertiary/aromatic N) is 1. The van der Waals surface area contributed by atoms with E-state index < -0.39 is 10.0 Å². The van der Waals surface area contributed by atoms with E-state index in [1.54, 1.807) is 25.3 Å². The summed E-state index contributed by atoms with van der Waals surface area (Å²) in [5.74, 6) is 0.678. The van der Waals surface area contributed by atoms with Crippen LogP contribution in [0.4, 0.5) is 5.69 Å². The topological polar surface area (TPSA) is 58.6 Å². The molecule has 1 heterocycles. The van der Waals surface area contributed by atoms with Crippen LogP contribution in [0.2, 0.25) is 0 Å². The molecule has 2 aromatic rings. The van der Waals surface area contributed by atoms with Crippen molar-refractivity contribution in [2.75, 3.05) is 25.1 Å². The Morgan fingerprint density at radius 2 is 1.73 bits per heavy atom. The second-order valence-electron chi connectivity index (χ2n) is 6.67. The summed E-state index contributed by atoms with van der Waals surface area (Å²) in [7, 11) is -1.98. The second kappa shape index (κ2) is 8.10. The number of nitrogens with one attached hydrogen (secondary N) is 1. The van der Waals surface area contributed by atoms with Crippen molar-refractivity contribution < 1.29 is 13.2 Å². The molecule has 26 heavy (non-hydrogen) atoms. The molecule has 5 nitrogen and oxygen atoms in total. The standard InChI is InChI=1S/C20H26N2O3S/c1-16-14-19(10-11-20(16)25-2)26(23,24)21-15-17-6-8-18(9-7-17)22-12-4-3-5-13-22/h6-11,14,21H,3-5,12-13,15H2,1-2H3. The average molecular weight is 375 g/mol. The van der Waals surface area contributed by atoms with E-state index in [9.17, 15) is 8.42 Å². The van der Waals surface area contributed by atoms with Crippen LogP contribution in [0, 0.1) is 6.92 Å². The first kappa shape index (κ1) is 18.7. The van der Waals surface area contributed by atoms with Gasteiger partial charge in [0.15, 0.2) is 0 Å². The molecular formula is C20H26N2O3S. The quantitative estimate of drug-likeness (QED) is 0.841. The summed E-state index contributed by atoms with van der Waals surface area (Å²) in [5.41, 5.74) is 2.95. The molecule has 0 unspecified atom stereocenters. The lowest BCUT2D eigenvalue weighted by molar-refractivity contribution is 0.411. The minimum absolute atomic E-state index is 0.251. The zero-order valence-electron chi connectivity index (χ0n) is 15.4. The van der Waals surface area contributed by atoms with Crippen LogP contribution in [0.1, 0.15) is 30.4 Å². The summed E-state index contributed by atoms with van der Waals surface area (Å²) in [5, 5.41) is 0. The van der Waals surface area contributed by atoms with Crippen LogP contribution < -0.4 is 14.4 Å². The van der Waals surface area contributed by atoms with E-state index in [4.69, 9.17) is 4.74 Å². The van der Waals surface area contributed by atoms with E-state index in [0.29, 0.717) is 5.75 Å². The van der Waals surface area contributed by atoms with Crippen LogP contribution in [0.15, 0.2) is 47.4 Å². The van der Waals surface area contributed by atoms with E-state index in [1.807, 2.05) is 19.1 Å². The predicted octanol–water partition coefficient (Wildman–Crippen LogP) is 3.47. The molecule has 1 fully saturated rings. The summed E-state index contributed by atoms with van der Waals surface area (Å²) in [6.45, 7) is 4.30. The van der Waals surface area contributed by atoms with E-state index in [-0.39, 0.29) is 11.4 Å². The van der Waals surface area contributed by atoms with Gasteiger partial charge in [-0.2, -0.15) is 0 Å². The van der Waals surface area contributed by atoms with Gasteiger partial charge in [-0.05, 0) is 67.6 Å². The minimum Gasteiger partial charge on any atom is -0.496 e. The highest BCUT2D eigenvalue weighted by Crippen LogP contribution is 2.22. The lowest BCUT2D eigenvalue weighted by atomic mass is 10.1. The van der Waals surface area contributed by atoms with Crippen molar-refractivity contribution >= 4 is 15.7 Å². The lowest BCUT2D eigenvalue weighted by Gasteiger charge is -2.28. The summed E-state index contributed by atoms with van der Waals surface area (Å²) in [6, 6.07) is 13.0. The molecule has 0 aliphatic carbocycles. The van der Waals surface area contributed by atoms with Gasteiger partial charge in [-0.3, -0.25) is 0 Å². The van der Waals surface area contributed by atoms with Crippen LogP contribution >= 0.6 is 0 Å². The largest absolute Gasteiger partial charge is 0.496 e. The van der Waals surface area contributed by atoms with Crippen LogP contribution in [0.5, 0.6) is 5.75 Å². The number of rotatable bonds is 6. The number of methoxy groups -OCH3 is 1. The fourth-order valence-corrected chi connectivity index (χ4v) is 4.36. The van der Waals surface area contributed by atoms with Crippen molar-refractivity contribution in [3.05, 3.63) is 53.6 Å². The Labute approximate surface area is 156 Å². The number of hydrogen-bond acceptors (Lipinski definition) is 4. The lowest BCUT2D eigenvalue weighted by Crippen LogP contribution is -2.29. The van der Waals surface area contributed by atoms with Crippen LogP contribution in [-0.4, -0.2) is 28.6 Å². The summed E-state index contributed by atoms with van der Waals surface area (Å²) < 4.78 is 32.9. The maximum atomic E-state index is 12.5. The summed E-state index contributed by atoms with van der Waals surface area (Å²) >= 11 is 0. The Bertz CT molecular complexity index is 842. The van der Waals surface area contributed by atoms with Crippen molar-refractivity contribution in [1.82, 2.24) is 4.72 Å². The van der Waals surface area contributed by atoms with E-state index in [1.165, 1.54) is 24.9 Å². The van der Waals surface area contributed by atoms with Gasteiger partial charge in [0.2, 0.25) is 10.0 Å². The van der Waals surface area contributed by atoms with Crippen molar-refractivity contribution in [3.8, 4) is 5.75 Å². The summed E-state index contributed by atoms with van der Waals surface area (Å²) in [6.07, 6.45) is 3.78. The van der Waals surface area contributed by atoms with E-state index in [0.717, 1.165) is 24.2 Å². The number of anilines is 1. The first-order valence-corrected chi connectivity index (χ1v) is 10.5. The third-order valence-corrected chi connectivity index (χ3v) is 6.20. The molecule has 3 rings (SSSR count). The van der Waals surface area contributed by atoms with E-state index >= 15 is 0 Å². The number of sulfonamides is 1. The number of aryl methyl sites for hydroxylation is 1. The normalized spacial score (nSPS) is 15.1. The van der Waals surface area contributed by atoms with Gasteiger partial charge in [0.25, 0.3) is 0 Å². The molecule has 0 bridgehead atoms. The highest BCUT2D eigenvalue weighted by atomic mass is 32.2. The van der Waals surface area contributed by atoms with Gasteiger partial charge in [-0.25, -0.2) is 13.1 Å². The maximum Gasteiger partial charge on any atom is 0.240 e. The van der Waals surface area contributed by atoms with E-state index in [2.05, 4.69) is 21.8 Å². The molecule has 1 saturated heterocycles. The zero-order chi connectivity index (χ0) is 18.6. The molecule has 2 aromatic carbocycles. The van der Waals surface area contributed by atoms with Crippen molar-refractivity contribution in [1.29, 1.82) is 0 Å². The molecule has 0 aromatic heterocycles. The Kier molecular flexibility index (Phi) is 5.84. The molecular weight excluding hydrogens is 348 g/mol. The summed E-state index contributed by atoms with van der Waals surface area (Å²) in [4.78, 5) is 2.64. The number of hydrogen-bond donors (Lipinski definition) is 1. The van der Waals surface area contributed by atoms with Crippen LogP contribution in [0.25, 0.3) is 0 Å². The molecule has 140 valence electrons. The van der Waals surface area contributed by atoms with Crippen LogP contribution in [0.3, 0.4) is 0 Å². The van der Waals surface area contributed by atoms with Gasteiger partial charge in [-0.1, -0.05) is 12.1 Å². The molecule has 1 aliphatic rings. The number of ether oxygens (including phenoxy) is 1. The molecule has 1 aliphatic heterocycles. The first-order valence-electron chi connectivity index (χ1n) is 8.98. The average Bonchev–Trinajstić information content (AvgIpc) is 2.67. The van der Waals surface area contributed by atoms with Gasteiger partial charge in [0, 0.05) is 25.3 Å². The van der Waals surface area contributed by atoms with Gasteiger partial charge < -0.3 is 9.64 Å². The Morgan fingerprint density at radius 1 is 1.04 bits per heavy atom. The Balaban J connectivity index is 1.65. The zero-order valence-corrected chi connectivity index (χ0v) is 16.2. The molecule has 0 atom stereocenters.